The Hall–Kier alpha value is -7.36. The van der Waals surface area contributed by atoms with Crippen molar-refractivity contribution in [1.82, 2.24) is 4.57 Å². The Morgan fingerprint density at radius 1 is 0.455 bits per heavy atom. The molecule has 0 aliphatic rings. The molecule has 0 aliphatic carbocycles. The van der Waals surface area contributed by atoms with Gasteiger partial charge < -0.3 is 13.9 Å². The normalized spacial score (nSPS) is 12.9. The largest absolute Gasteiger partial charge is 0.454 e. The maximum Gasteiger partial charge on any atom is 0.159 e. The molecule has 2 aromatic heterocycles. The number of hydrogen-bond acceptors (Lipinski definition) is 2. The second-order valence-electron chi connectivity index (χ2n) is 13.8. The van der Waals surface area contributed by atoms with Crippen molar-refractivity contribution in [2.24, 2.45) is 0 Å². The molecule has 0 unspecified atom stereocenters. The minimum absolute atomic E-state index is 0.166. The highest BCUT2D eigenvalue weighted by atomic mass is 16.3. The highest BCUT2D eigenvalue weighted by Crippen LogP contribution is 2.43. The average molecular weight is 708 g/mol. The molecule has 0 spiro atoms. The maximum absolute atomic E-state index is 8.58. The lowest BCUT2D eigenvalue weighted by Gasteiger charge is -2.26. The molecule has 0 fully saturated rings. The van der Waals surface area contributed by atoms with E-state index in [0.717, 1.165) is 61.3 Å². The molecule has 55 heavy (non-hydrogen) atoms. The van der Waals surface area contributed by atoms with Crippen molar-refractivity contribution in [3.63, 3.8) is 0 Å². The number of rotatable bonds is 6. The zero-order chi connectivity index (χ0) is 40.6. The second-order valence-corrected chi connectivity index (χ2v) is 13.8. The molecule has 0 saturated heterocycles. The van der Waals surface area contributed by atoms with Gasteiger partial charge in [0, 0.05) is 44.0 Å². The van der Waals surface area contributed by atoms with Crippen molar-refractivity contribution in [2.75, 3.05) is 4.90 Å². The number of aromatic nitrogens is 1. The Labute approximate surface area is 325 Å². The molecule has 3 heteroatoms. The lowest BCUT2D eigenvalue weighted by molar-refractivity contribution is 0.669. The lowest BCUT2D eigenvalue weighted by atomic mass is 10.0. The summed E-state index contributed by atoms with van der Waals surface area (Å²) in [5.41, 5.74) is 10.4. The van der Waals surface area contributed by atoms with Crippen LogP contribution >= 0.6 is 0 Å². The van der Waals surface area contributed by atoms with E-state index in [0.29, 0.717) is 5.56 Å². The Kier molecular flexibility index (Phi) is 6.07. The third-order valence-corrected chi connectivity index (χ3v) is 10.7. The molecule has 3 nitrogen and oxygen atoms in total. The summed E-state index contributed by atoms with van der Waals surface area (Å²) in [5.74, 6) is 0. The molecular weight excluding hydrogens is 669 g/mol. The van der Waals surface area contributed by atoms with Crippen LogP contribution in [0, 0.1) is 0 Å². The predicted octanol–water partition coefficient (Wildman–Crippen LogP) is 14.6. The highest BCUT2D eigenvalue weighted by Gasteiger charge is 2.20. The van der Waals surface area contributed by atoms with Gasteiger partial charge in [0.1, 0.15) is 5.58 Å². The molecule has 0 saturated carbocycles. The van der Waals surface area contributed by atoms with Crippen molar-refractivity contribution in [3.8, 4) is 27.9 Å². The lowest BCUT2D eigenvalue weighted by Crippen LogP contribution is -2.10. The monoisotopic (exact) mass is 707 g/mol. The summed E-state index contributed by atoms with van der Waals surface area (Å²) in [6.45, 7) is 0. The van der Waals surface area contributed by atoms with E-state index in [-0.39, 0.29) is 29.7 Å². The SMILES string of the molecule is [2H]c1c([2H])c([2H])c(-c2ccc(N(c3ccc(-c4ccc5c6ccc7ccccc7c6n(-c6ccccc6)c5c4)cc3)c3cccc4c3oc3ccccc34)cc2)c([2H])c1[2H]. The Bertz CT molecular complexity index is 3450. The first-order chi connectivity index (χ1) is 29.4. The molecule has 0 aliphatic heterocycles. The Morgan fingerprint density at radius 3 is 1.87 bits per heavy atom. The van der Waals surface area contributed by atoms with Crippen molar-refractivity contribution >= 4 is 71.6 Å². The van der Waals surface area contributed by atoms with Gasteiger partial charge in [0.2, 0.25) is 0 Å². The summed E-state index contributed by atoms with van der Waals surface area (Å²) in [7, 11) is 0. The van der Waals surface area contributed by atoms with Crippen LogP contribution in [0.25, 0.3) is 82.5 Å². The molecule has 0 radical (unpaired) electrons. The van der Waals surface area contributed by atoms with E-state index >= 15 is 0 Å². The van der Waals surface area contributed by atoms with Crippen LogP contribution < -0.4 is 4.90 Å². The summed E-state index contributed by atoms with van der Waals surface area (Å²) in [4.78, 5) is 2.14. The second kappa shape index (κ2) is 12.6. The third kappa shape index (κ3) is 5.13. The summed E-state index contributed by atoms with van der Waals surface area (Å²) >= 11 is 0. The van der Waals surface area contributed by atoms with Gasteiger partial charge in [0.25, 0.3) is 0 Å². The average Bonchev–Trinajstić information content (AvgIpc) is 3.85. The number of nitrogens with zero attached hydrogens (tertiary/aromatic N) is 2. The van der Waals surface area contributed by atoms with Gasteiger partial charge in [0.15, 0.2) is 5.58 Å². The van der Waals surface area contributed by atoms with Crippen LogP contribution in [-0.4, -0.2) is 4.57 Å². The van der Waals surface area contributed by atoms with Crippen LogP contribution in [0.5, 0.6) is 0 Å². The first-order valence-electron chi connectivity index (χ1n) is 20.9. The molecule has 11 aromatic rings. The first-order valence-corrected chi connectivity index (χ1v) is 18.4. The fourth-order valence-electron chi connectivity index (χ4n) is 8.11. The number of para-hydroxylation sites is 3. The fraction of sp³-hybridized carbons (Fsp3) is 0. The van der Waals surface area contributed by atoms with Gasteiger partial charge >= 0.3 is 0 Å². The zero-order valence-electron chi connectivity index (χ0n) is 34.5. The molecule has 9 aromatic carbocycles. The molecule has 0 N–H and O–H groups in total. The molecule has 2 heterocycles. The van der Waals surface area contributed by atoms with Crippen LogP contribution in [0.3, 0.4) is 0 Å². The van der Waals surface area contributed by atoms with Crippen molar-refractivity contribution < 1.29 is 11.3 Å². The minimum Gasteiger partial charge on any atom is -0.454 e. The number of fused-ring (bicyclic) bond motifs is 8. The van der Waals surface area contributed by atoms with Crippen LogP contribution in [0.1, 0.15) is 6.85 Å². The minimum atomic E-state index is -0.411. The van der Waals surface area contributed by atoms with E-state index in [1.54, 1.807) is 0 Å². The quantitative estimate of drug-likeness (QED) is 0.172. The van der Waals surface area contributed by atoms with Gasteiger partial charge in [-0.2, -0.15) is 0 Å². The fourth-order valence-corrected chi connectivity index (χ4v) is 8.11. The van der Waals surface area contributed by atoms with E-state index in [4.69, 9.17) is 11.3 Å². The summed E-state index contributed by atoms with van der Waals surface area (Å²) in [6.07, 6.45) is 0. The van der Waals surface area contributed by atoms with Crippen LogP contribution in [0.4, 0.5) is 17.1 Å². The zero-order valence-corrected chi connectivity index (χ0v) is 29.5. The van der Waals surface area contributed by atoms with Gasteiger partial charge in [-0.15, -0.1) is 0 Å². The van der Waals surface area contributed by atoms with E-state index in [2.05, 4.69) is 131 Å². The predicted molar refractivity (Wildman–Crippen MR) is 231 cm³/mol. The Balaban J connectivity index is 1.06. The molecule has 0 amide bonds. The van der Waals surface area contributed by atoms with Gasteiger partial charge in [-0.25, -0.2) is 0 Å². The highest BCUT2D eigenvalue weighted by molar-refractivity contribution is 6.19. The van der Waals surface area contributed by atoms with Crippen molar-refractivity contribution in [3.05, 3.63) is 206 Å². The van der Waals surface area contributed by atoms with Crippen molar-refractivity contribution in [2.45, 2.75) is 0 Å². The smallest absolute Gasteiger partial charge is 0.159 e. The summed E-state index contributed by atoms with van der Waals surface area (Å²) in [6, 6.07) is 58.9. The number of hydrogen-bond donors (Lipinski definition) is 0. The molecule has 258 valence electrons. The van der Waals surface area contributed by atoms with E-state index in [1.807, 2.05) is 54.6 Å². The van der Waals surface area contributed by atoms with Crippen LogP contribution in [0.2, 0.25) is 0 Å². The number of benzene rings is 9. The van der Waals surface area contributed by atoms with Crippen molar-refractivity contribution in [1.29, 1.82) is 0 Å². The third-order valence-electron chi connectivity index (χ3n) is 10.7. The van der Waals surface area contributed by atoms with Crippen LogP contribution in [0.15, 0.2) is 211 Å². The van der Waals surface area contributed by atoms with E-state index in [9.17, 15) is 0 Å². The molecule has 11 rings (SSSR count). The maximum atomic E-state index is 8.58. The van der Waals surface area contributed by atoms with Gasteiger partial charge in [-0.05, 0) is 82.2 Å². The van der Waals surface area contributed by atoms with Gasteiger partial charge in [-0.1, -0.05) is 152 Å². The molecule has 0 bridgehead atoms. The van der Waals surface area contributed by atoms with Gasteiger partial charge in [-0.3, -0.25) is 0 Å². The Morgan fingerprint density at radius 2 is 1.09 bits per heavy atom. The molecular formula is C52H34N2O. The standard InChI is InChI=1S/C52H34N2O/c1-3-12-35(13-4-1)36-22-28-41(29-23-36)53(48-20-11-19-47-45-18-9-10-21-50(45)55-52(47)48)42-30-24-37(25-31-42)39-27-32-44-46-33-26-38-14-7-8-17-43(38)51(46)54(49(44)34-39)40-15-5-2-6-16-40/h1-34H/i1D,3D,4D,12D,13D. The molecule has 0 atom stereocenters. The number of anilines is 3. The topological polar surface area (TPSA) is 21.3 Å². The van der Waals surface area contributed by atoms with E-state index < -0.39 is 6.04 Å². The van der Waals surface area contributed by atoms with Crippen LogP contribution in [-0.2, 0) is 0 Å². The first kappa shape index (κ1) is 26.4. The summed E-state index contributed by atoms with van der Waals surface area (Å²) < 4.78 is 50.6. The van der Waals surface area contributed by atoms with E-state index in [1.165, 1.54) is 27.1 Å². The summed E-state index contributed by atoms with van der Waals surface area (Å²) in [5, 5.41) is 6.83. The van der Waals surface area contributed by atoms with Gasteiger partial charge in [0.05, 0.1) is 23.6 Å². The number of furan rings is 1.